The molecule has 0 radical (unpaired) electrons. The maximum atomic E-state index is 12.4. The van der Waals surface area contributed by atoms with E-state index in [9.17, 15) is 4.79 Å². The van der Waals surface area contributed by atoms with Crippen molar-refractivity contribution in [2.24, 2.45) is 5.41 Å². The Labute approximate surface area is 223 Å². The van der Waals surface area contributed by atoms with Gasteiger partial charge in [0.2, 0.25) is 5.91 Å². The molecule has 38 heavy (non-hydrogen) atoms. The molecule has 8 nitrogen and oxygen atoms in total. The number of nitrogens with one attached hydrogen (secondary N) is 3. The van der Waals surface area contributed by atoms with E-state index in [0.717, 1.165) is 33.4 Å². The van der Waals surface area contributed by atoms with Crippen LogP contribution in [-0.4, -0.2) is 36.0 Å². The number of anilines is 1. The molecule has 0 aliphatic heterocycles. The van der Waals surface area contributed by atoms with Gasteiger partial charge in [-0.25, -0.2) is 9.97 Å². The summed E-state index contributed by atoms with van der Waals surface area (Å²) in [6.45, 7) is 8.22. The molecule has 0 bridgehead atoms. The normalized spacial score (nSPS) is 11.9. The number of aromatic amines is 2. The molecular formula is C29H27N7OS. The number of rotatable bonds is 5. The lowest BCUT2D eigenvalue weighted by molar-refractivity contribution is -0.117. The van der Waals surface area contributed by atoms with Crippen LogP contribution in [0.15, 0.2) is 60.9 Å². The molecule has 6 aromatic rings. The summed E-state index contributed by atoms with van der Waals surface area (Å²) in [4.78, 5) is 32.5. The highest BCUT2D eigenvalue weighted by atomic mass is 32.1. The molecular weight excluding hydrogens is 494 g/mol. The Morgan fingerprint density at radius 1 is 1.00 bits per heavy atom. The molecule has 1 aromatic carbocycles. The number of imidazole rings is 1. The van der Waals surface area contributed by atoms with E-state index in [1.165, 1.54) is 9.75 Å². The number of aryl methyl sites for hydroxylation is 1. The lowest BCUT2D eigenvalue weighted by Crippen LogP contribution is -2.19. The summed E-state index contributed by atoms with van der Waals surface area (Å²) in [7, 11) is 0. The Balaban J connectivity index is 1.36. The van der Waals surface area contributed by atoms with Gasteiger partial charge in [0.15, 0.2) is 11.5 Å². The Bertz CT molecular complexity index is 1800. The predicted molar refractivity (Wildman–Crippen MR) is 153 cm³/mol. The smallest absolute Gasteiger partial charge is 0.224 e. The maximum Gasteiger partial charge on any atom is 0.224 e. The van der Waals surface area contributed by atoms with Gasteiger partial charge < -0.3 is 10.3 Å². The quantitative estimate of drug-likeness (QED) is 0.227. The molecule has 0 fully saturated rings. The zero-order valence-corrected chi connectivity index (χ0v) is 22.4. The number of H-pyrrole nitrogens is 2. The molecule has 5 heterocycles. The largest absolute Gasteiger partial charge is 0.336 e. The SMILES string of the molecule is Cc1ccc(-c2cccc3[nH]c(-c4n[nH]c5ccc(-c6cncc(NC(=O)CC(C)(C)C)c6)nc45)nc23)s1. The second-order valence-corrected chi connectivity index (χ2v) is 11.9. The van der Waals surface area contributed by atoms with Gasteiger partial charge >= 0.3 is 0 Å². The molecule has 0 saturated carbocycles. The minimum Gasteiger partial charge on any atom is -0.336 e. The maximum absolute atomic E-state index is 12.4. The molecule has 0 aliphatic rings. The number of benzene rings is 1. The standard InChI is InChI=1S/C29H27N7OS/c1-16-8-11-23(38-16)19-6-5-7-21-25(19)34-28(33-21)27-26-22(35-36-27)10-9-20(32-26)17-12-18(15-30-14-17)31-24(37)13-29(2,3)4/h5-12,14-15H,13H2,1-4H3,(H,31,37)(H,33,34)(H,35,36). The van der Waals surface area contributed by atoms with Crippen LogP contribution >= 0.6 is 11.3 Å². The van der Waals surface area contributed by atoms with Crippen molar-refractivity contribution in [3.63, 3.8) is 0 Å². The van der Waals surface area contributed by atoms with Crippen molar-refractivity contribution in [2.45, 2.75) is 34.1 Å². The van der Waals surface area contributed by atoms with Crippen molar-refractivity contribution < 1.29 is 4.79 Å². The molecule has 1 amide bonds. The highest BCUT2D eigenvalue weighted by Gasteiger charge is 2.18. The number of para-hydroxylation sites is 1. The molecule has 5 aromatic heterocycles. The number of nitrogens with zero attached hydrogens (tertiary/aromatic N) is 4. The first-order chi connectivity index (χ1) is 18.2. The Morgan fingerprint density at radius 3 is 2.66 bits per heavy atom. The fraction of sp³-hybridized carbons (Fsp3) is 0.207. The average molecular weight is 522 g/mol. The Kier molecular flexibility index (Phi) is 5.80. The van der Waals surface area contributed by atoms with Crippen molar-refractivity contribution in [3.05, 3.63) is 65.8 Å². The minimum absolute atomic E-state index is 0.0426. The second kappa shape index (κ2) is 9.18. The number of aromatic nitrogens is 6. The number of amides is 1. The number of thiophene rings is 1. The van der Waals surface area contributed by atoms with Crippen LogP contribution in [0.25, 0.3) is 55.3 Å². The highest BCUT2D eigenvalue weighted by molar-refractivity contribution is 7.15. The monoisotopic (exact) mass is 521 g/mol. The third-order valence-corrected chi connectivity index (χ3v) is 7.19. The zero-order valence-electron chi connectivity index (χ0n) is 21.6. The Morgan fingerprint density at radius 2 is 1.87 bits per heavy atom. The van der Waals surface area contributed by atoms with E-state index in [-0.39, 0.29) is 11.3 Å². The molecule has 6 rings (SSSR count). The fourth-order valence-corrected chi connectivity index (χ4v) is 5.38. The fourth-order valence-electron chi connectivity index (χ4n) is 4.48. The molecule has 0 spiro atoms. The van der Waals surface area contributed by atoms with Crippen molar-refractivity contribution in [1.29, 1.82) is 0 Å². The third-order valence-electron chi connectivity index (χ3n) is 6.16. The van der Waals surface area contributed by atoms with Gasteiger partial charge in [0, 0.05) is 33.5 Å². The number of hydrogen-bond acceptors (Lipinski definition) is 6. The van der Waals surface area contributed by atoms with Crippen molar-refractivity contribution in [2.75, 3.05) is 5.32 Å². The molecule has 0 saturated heterocycles. The van der Waals surface area contributed by atoms with E-state index in [2.05, 4.69) is 50.6 Å². The number of carbonyl (C=O) groups is 1. The Hall–Kier alpha value is -4.37. The number of carbonyl (C=O) groups excluding carboxylic acids is 1. The summed E-state index contributed by atoms with van der Waals surface area (Å²) in [5.41, 5.74) is 7.16. The highest BCUT2D eigenvalue weighted by Crippen LogP contribution is 2.35. The van der Waals surface area contributed by atoms with E-state index >= 15 is 0 Å². The van der Waals surface area contributed by atoms with Gasteiger partial charge in [0.25, 0.3) is 0 Å². The van der Waals surface area contributed by atoms with Crippen LogP contribution in [-0.2, 0) is 4.79 Å². The summed E-state index contributed by atoms with van der Waals surface area (Å²) in [6, 6.07) is 16.2. The lowest BCUT2D eigenvalue weighted by Gasteiger charge is -2.17. The lowest BCUT2D eigenvalue weighted by atomic mass is 9.92. The van der Waals surface area contributed by atoms with Crippen LogP contribution < -0.4 is 5.32 Å². The van der Waals surface area contributed by atoms with Crippen LogP contribution in [0.5, 0.6) is 0 Å². The van der Waals surface area contributed by atoms with Gasteiger partial charge in [-0.1, -0.05) is 32.9 Å². The number of fused-ring (bicyclic) bond motifs is 2. The van der Waals surface area contributed by atoms with Gasteiger partial charge in [-0.05, 0) is 48.7 Å². The number of hydrogen-bond donors (Lipinski definition) is 3. The predicted octanol–water partition coefficient (Wildman–Crippen LogP) is 6.97. The van der Waals surface area contributed by atoms with Crippen LogP contribution in [0, 0.1) is 12.3 Å². The van der Waals surface area contributed by atoms with Gasteiger partial charge in [-0.3, -0.25) is 14.9 Å². The van der Waals surface area contributed by atoms with E-state index < -0.39 is 0 Å². The van der Waals surface area contributed by atoms with Crippen LogP contribution in [0.2, 0.25) is 0 Å². The molecule has 0 unspecified atom stereocenters. The molecule has 0 atom stereocenters. The average Bonchev–Trinajstić information content (AvgIpc) is 3.60. The van der Waals surface area contributed by atoms with E-state index in [1.54, 1.807) is 23.7 Å². The van der Waals surface area contributed by atoms with Gasteiger partial charge in [0.05, 0.1) is 34.1 Å². The van der Waals surface area contributed by atoms with Crippen molar-refractivity contribution in [1.82, 2.24) is 30.1 Å². The summed E-state index contributed by atoms with van der Waals surface area (Å²) in [5.74, 6) is 0.608. The third kappa shape index (κ3) is 4.68. The summed E-state index contributed by atoms with van der Waals surface area (Å²) < 4.78 is 0. The molecule has 190 valence electrons. The first-order valence-electron chi connectivity index (χ1n) is 12.4. The van der Waals surface area contributed by atoms with E-state index in [4.69, 9.17) is 9.97 Å². The molecule has 3 N–H and O–H groups in total. The van der Waals surface area contributed by atoms with E-state index in [1.807, 2.05) is 51.1 Å². The van der Waals surface area contributed by atoms with Crippen molar-refractivity contribution >= 4 is 45.0 Å². The second-order valence-electron chi connectivity index (χ2n) is 10.6. The van der Waals surface area contributed by atoms with Crippen LogP contribution in [0.3, 0.4) is 0 Å². The van der Waals surface area contributed by atoms with Crippen LogP contribution in [0.4, 0.5) is 5.69 Å². The topological polar surface area (TPSA) is 112 Å². The number of pyridine rings is 2. The van der Waals surface area contributed by atoms with Gasteiger partial charge in [-0.15, -0.1) is 11.3 Å². The van der Waals surface area contributed by atoms with E-state index in [0.29, 0.717) is 29.1 Å². The first-order valence-corrected chi connectivity index (χ1v) is 13.2. The molecule has 9 heteroatoms. The zero-order chi connectivity index (χ0) is 26.4. The van der Waals surface area contributed by atoms with Crippen LogP contribution in [0.1, 0.15) is 32.1 Å². The first kappa shape index (κ1) is 24.0. The van der Waals surface area contributed by atoms with Gasteiger partial charge in [-0.2, -0.15) is 5.10 Å². The van der Waals surface area contributed by atoms with Gasteiger partial charge in [0.1, 0.15) is 5.52 Å². The summed E-state index contributed by atoms with van der Waals surface area (Å²) in [5, 5.41) is 10.6. The minimum atomic E-state index is -0.0977. The summed E-state index contributed by atoms with van der Waals surface area (Å²) in [6.07, 6.45) is 3.81. The van der Waals surface area contributed by atoms with Crippen molar-refractivity contribution in [3.8, 4) is 33.2 Å². The molecule has 0 aliphatic carbocycles. The summed E-state index contributed by atoms with van der Waals surface area (Å²) >= 11 is 1.75.